The van der Waals surface area contributed by atoms with Crippen molar-refractivity contribution in [2.24, 2.45) is 0 Å². The van der Waals surface area contributed by atoms with Gasteiger partial charge in [-0.15, -0.1) is 0 Å². The maximum absolute atomic E-state index is 9.01. The summed E-state index contributed by atoms with van der Waals surface area (Å²) in [5, 5.41) is 18.0. The molecule has 4 heteroatoms. The molecule has 0 rings (SSSR count). The van der Waals surface area contributed by atoms with E-state index in [1.54, 1.807) is 13.8 Å². The van der Waals surface area contributed by atoms with Crippen LogP contribution in [-0.4, -0.2) is 27.8 Å². The first kappa shape index (κ1) is 12.7. The Bertz CT molecular complexity index is 106. The van der Waals surface area contributed by atoms with Crippen molar-refractivity contribution in [3.8, 4) is 0 Å². The lowest BCUT2D eigenvalue weighted by molar-refractivity contribution is -1.25. The van der Waals surface area contributed by atoms with E-state index in [1.807, 2.05) is 0 Å². The fraction of sp³-hybridized carbons (Fsp3) is 0.667. The van der Waals surface area contributed by atoms with Crippen LogP contribution in [0.25, 0.3) is 0 Å². The van der Waals surface area contributed by atoms with E-state index in [0.29, 0.717) is 0 Å². The van der Waals surface area contributed by atoms with Crippen molar-refractivity contribution in [1.82, 2.24) is 0 Å². The predicted molar refractivity (Wildman–Crippen MR) is 34.0 cm³/mol. The third-order valence-electron chi connectivity index (χ3n) is 1.46. The Labute approximate surface area is 71.9 Å². The average Bonchev–Trinajstić information content (AvgIpc) is 1.86. The van der Waals surface area contributed by atoms with Gasteiger partial charge in [0.1, 0.15) is 6.54 Å². The summed E-state index contributed by atoms with van der Waals surface area (Å²) < 4.78 is 0. The van der Waals surface area contributed by atoms with Crippen molar-refractivity contribution in [1.29, 1.82) is 0 Å². The molecule has 0 fully saturated rings. The molecule has 0 bridgehead atoms. The molecule has 0 aromatic carbocycles. The molecular formula is C6H14BrNO2. The minimum absolute atomic E-state index is 0. The molecule has 3 nitrogen and oxygen atoms in total. The maximum Gasteiger partial charge on any atom is 0.167 e. The number of hydroxylamine groups is 4. The lowest BCUT2D eigenvalue weighted by Crippen LogP contribution is -3.00. The molecular weight excluding hydrogens is 198 g/mol. The van der Waals surface area contributed by atoms with E-state index in [4.69, 9.17) is 10.4 Å². The summed E-state index contributed by atoms with van der Waals surface area (Å²) >= 11 is 0. The van der Waals surface area contributed by atoms with Crippen LogP contribution < -0.4 is 17.0 Å². The molecule has 0 radical (unpaired) electrons. The average molecular weight is 212 g/mol. The summed E-state index contributed by atoms with van der Waals surface area (Å²) in [7, 11) is 0. The predicted octanol–water partition coefficient (Wildman–Crippen LogP) is -1.82. The Kier molecular flexibility index (Phi) is 6.18. The maximum atomic E-state index is 9.01. The molecule has 0 aliphatic carbocycles. The summed E-state index contributed by atoms with van der Waals surface area (Å²) in [6.07, 6.45) is 1.50. The number of quaternary nitrogens is 1. The van der Waals surface area contributed by atoms with Gasteiger partial charge in [-0.2, -0.15) is 10.4 Å². The Hall–Kier alpha value is 0.100. The van der Waals surface area contributed by atoms with Gasteiger partial charge >= 0.3 is 0 Å². The number of hydrogen-bond donors (Lipinski definition) is 2. The smallest absolute Gasteiger partial charge is 0.167 e. The summed E-state index contributed by atoms with van der Waals surface area (Å²) in [6, 6.07) is -0.324. The van der Waals surface area contributed by atoms with Crippen LogP contribution in [0, 0.1) is 0 Å². The lowest BCUT2D eigenvalue weighted by atomic mass is 10.3. The van der Waals surface area contributed by atoms with Gasteiger partial charge in [0, 0.05) is 0 Å². The highest BCUT2D eigenvalue weighted by Gasteiger charge is 2.25. The van der Waals surface area contributed by atoms with Gasteiger partial charge in [-0.25, -0.2) is 0 Å². The van der Waals surface area contributed by atoms with Crippen LogP contribution in [0.15, 0.2) is 12.7 Å². The Balaban J connectivity index is 0. The Morgan fingerprint density at radius 3 is 2.10 bits per heavy atom. The van der Waals surface area contributed by atoms with E-state index in [1.165, 1.54) is 6.08 Å². The van der Waals surface area contributed by atoms with Crippen molar-refractivity contribution >= 4 is 0 Å². The molecule has 0 aliphatic rings. The van der Waals surface area contributed by atoms with Crippen molar-refractivity contribution in [2.45, 2.75) is 19.9 Å². The van der Waals surface area contributed by atoms with Gasteiger partial charge in [-0.3, -0.25) is 0 Å². The van der Waals surface area contributed by atoms with Crippen molar-refractivity contribution < 1.29 is 32.2 Å². The largest absolute Gasteiger partial charge is 1.00 e. The second kappa shape index (κ2) is 4.85. The van der Waals surface area contributed by atoms with Crippen LogP contribution in [0.5, 0.6) is 0 Å². The summed E-state index contributed by atoms with van der Waals surface area (Å²) in [5.41, 5.74) is 0. The second-order valence-corrected chi connectivity index (χ2v) is 2.08. The van der Waals surface area contributed by atoms with Crippen LogP contribution in [0.1, 0.15) is 13.8 Å². The highest BCUT2D eigenvalue weighted by molar-refractivity contribution is 4.73. The van der Waals surface area contributed by atoms with Gasteiger partial charge in [0.25, 0.3) is 0 Å². The zero-order chi connectivity index (χ0) is 7.49. The summed E-state index contributed by atoms with van der Waals surface area (Å²) in [5.74, 6) is 0. The first-order valence-electron chi connectivity index (χ1n) is 3.00. The second-order valence-electron chi connectivity index (χ2n) is 2.08. The lowest BCUT2D eigenvalue weighted by Gasteiger charge is -2.23. The highest BCUT2D eigenvalue weighted by Crippen LogP contribution is 2.04. The number of nitrogens with zero attached hydrogens (tertiary/aromatic N) is 1. The van der Waals surface area contributed by atoms with Crippen LogP contribution in [0.2, 0.25) is 0 Å². The van der Waals surface area contributed by atoms with Gasteiger partial charge in [0.05, 0.1) is 0 Å². The molecule has 0 saturated heterocycles. The molecule has 0 aromatic rings. The van der Waals surface area contributed by atoms with Gasteiger partial charge in [-0.05, 0) is 24.7 Å². The number of halogens is 1. The first-order valence-corrected chi connectivity index (χ1v) is 3.00. The van der Waals surface area contributed by atoms with Crippen LogP contribution in [0.3, 0.4) is 0 Å². The normalized spacial score (nSPS) is 13.6. The van der Waals surface area contributed by atoms with E-state index in [9.17, 15) is 0 Å². The minimum atomic E-state index is -0.969. The zero-order valence-electron chi connectivity index (χ0n) is 6.29. The highest BCUT2D eigenvalue weighted by atomic mass is 79.9. The van der Waals surface area contributed by atoms with E-state index >= 15 is 0 Å². The Morgan fingerprint density at radius 2 is 2.00 bits per heavy atom. The van der Waals surface area contributed by atoms with Crippen molar-refractivity contribution in [3.05, 3.63) is 12.7 Å². The standard InChI is InChI=1S/C6H14NO2.BrH/c1-4-6(3)7(8,9)5-2;/h4,6,8-9H,1,5H2,2-3H3;1H/q+1;/p-1. The fourth-order valence-corrected chi connectivity index (χ4v) is 0.457. The van der Waals surface area contributed by atoms with Gasteiger partial charge in [-0.1, -0.05) is 6.58 Å². The van der Waals surface area contributed by atoms with Crippen molar-refractivity contribution in [3.63, 3.8) is 0 Å². The molecule has 0 heterocycles. The zero-order valence-corrected chi connectivity index (χ0v) is 7.87. The summed E-state index contributed by atoms with van der Waals surface area (Å²) in [6.45, 7) is 7.10. The van der Waals surface area contributed by atoms with Crippen molar-refractivity contribution in [2.75, 3.05) is 6.54 Å². The fourth-order valence-electron chi connectivity index (χ4n) is 0.457. The number of likely N-dealkylation sites (N-methyl/N-ethyl adjacent to an activating group) is 1. The van der Waals surface area contributed by atoms with E-state index in [0.717, 1.165) is 0 Å². The monoisotopic (exact) mass is 211 g/mol. The van der Waals surface area contributed by atoms with Gasteiger partial charge < -0.3 is 17.0 Å². The number of rotatable bonds is 3. The minimum Gasteiger partial charge on any atom is -1.00 e. The molecule has 0 amide bonds. The van der Waals surface area contributed by atoms with Gasteiger partial charge in [0.15, 0.2) is 6.04 Å². The first-order chi connectivity index (χ1) is 4.04. The summed E-state index contributed by atoms with van der Waals surface area (Å²) in [4.78, 5) is -0.969. The molecule has 0 aliphatic heterocycles. The molecule has 2 N–H and O–H groups in total. The third kappa shape index (κ3) is 3.31. The van der Waals surface area contributed by atoms with E-state index < -0.39 is 4.81 Å². The molecule has 0 spiro atoms. The molecule has 0 saturated carbocycles. The molecule has 0 aromatic heterocycles. The van der Waals surface area contributed by atoms with Crippen LogP contribution in [-0.2, 0) is 0 Å². The third-order valence-corrected chi connectivity index (χ3v) is 1.46. The van der Waals surface area contributed by atoms with Crippen LogP contribution in [0.4, 0.5) is 0 Å². The Morgan fingerprint density at radius 1 is 1.60 bits per heavy atom. The molecule has 1 unspecified atom stereocenters. The molecule has 1 atom stereocenters. The SMILES string of the molecule is C=CC(C)[N+](O)(O)CC.[Br-]. The quantitative estimate of drug-likeness (QED) is 0.328. The van der Waals surface area contributed by atoms with Gasteiger partial charge in [0.2, 0.25) is 0 Å². The van der Waals surface area contributed by atoms with Crippen LogP contribution >= 0.6 is 0 Å². The molecule has 62 valence electrons. The number of hydrogen-bond acceptors (Lipinski definition) is 2. The van der Waals surface area contributed by atoms with E-state index in [-0.39, 0.29) is 29.6 Å². The molecule has 10 heavy (non-hydrogen) atoms. The van der Waals surface area contributed by atoms with E-state index in [2.05, 4.69) is 6.58 Å². The topological polar surface area (TPSA) is 40.5 Å².